The first-order valence-corrected chi connectivity index (χ1v) is 28.2. The number of carbonyl (C=O) groups excluding carboxylic acids is 7. The van der Waals surface area contributed by atoms with E-state index < -0.39 is 66.6 Å². The van der Waals surface area contributed by atoms with Crippen LogP contribution in [0.1, 0.15) is 195 Å². The van der Waals surface area contributed by atoms with Gasteiger partial charge in [-0.15, -0.1) is 0 Å². The number of carbonyl (C=O) groups is 11. The molecule has 0 aromatic rings. The van der Waals surface area contributed by atoms with Crippen molar-refractivity contribution in [1.29, 1.82) is 0 Å². The average molecular weight is 1120 g/mol. The Morgan fingerprint density at radius 3 is 1.41 bits per heavy atom. The van der Waals surface area contributed by atoms with Gasteiger partial charge >= 0.3 is 23.9 Å². The maximum atomic E-state index is 12.6. The van der Waals surface area contributed by atoms with Gasteiger partial charge in [-0.05, 0) is 58.3 Å². The fourth-order valence-corrected chi connectivity index (χ4v) is 7.96. The molecule has 0 rings (SSSR count). The molecule has 4 amide bonds. The Kier molecular flexibility index (Phi) is 45.3. The molecule has 0 saturated heterocycles. The summed E-state index contributed by atoms with van der Waals surface area (Å²) in [6.45, 7) is 4.08. The van der Waals surface area contributed by atoms with Gasteiger partial charge in [-0.2, -0.15) is 0 Å². The number of ether oxygens (including phenoxy) is 4. The Bertz CT molecular complexity index is 1770. The molecule has 78 heavy (non-hydrogen) atoms. The maximum absolute atomic E-state index is 12.6. The van der Waals surface area contributed by atoms with E-state index in [4.69, 9.17) is 24.1 Å². The first-order chi connectivity index (χ1) is 37.3. The largest absolute Gasteiger partial charge is 0.481 e. The van der Waals surface area contributed by atoms with Crippen molar-refractivity contribution in [3.63, 3.8) is 0 Å². The van der Waals surface area contributed by atoms with Crippen LogP contribution in [-0.2, 0) is 71.7 Å². The van der Waals surface area contributed by atoms with Gasteiger partial charge in [0, 0.05) is 72.0 Å². The van der Waals surface area contributed by atoms with Gasteiger partial charge in [0.15, 0.2) is 5.78 Å². The highest BCUT2D eigenvalue weighted by Gasteiger charge is 2.26. The second kappa shape index (κ2) is 48.7. The molecule has 0 aromatic carbocycles. The highest BCUT2D eigenvalue weighted by Crippen LogP contribution is 2.17. The summed E-state index contributed by atoms with van der Waals surface area (Å²) < 4.78 is 21.4. The van der Waals surface area contributed by atoms with E-state index in [1.807, 2.05) is 6.92 Å². The van der Waals surface area contributed by atoms with Crippen molar-refractivity contribution in [3.8, 4) is 0 Å². The van der Waals surface area contributed by atoms with Crippen molar-refractivity contribution in [1.82, 2.24) is 21.3 Å². The lowest BCUT2D eigenvalue weighted by molar-refractivity contribution is -0.145. The van der Waals surface area contributed by atoms with E-state index in [-0.39, 0.29) is 147 Å². The molecule has 23 nitrogen and oxygen atoms in total. The van der Waals surface area contributed by atoms with E-state index >= 15 is 0 Å². The average Bonchev–Trinajstić information content (AvgIpc) is 3.38. The number of Topliss-reactive ketones (excluding diaryl/α,β-unsaturated/α-hetero) is 3. The molecule has 4 atom stereocenters. The number of carboxylic acids is 4. The zero-order valence-corrected chi connectivity index (χ0v) is 46.6. The van der Waals surface area contributed by atoms with Gasteiger partial charge in [0.05, 0.1) is 39.0 Å². The lowest BCUT2D eigenvalue weighted by atomic mass is 9.94. The number of aliphatic carboxylic acids is 4. The van der Waals surface area contributed by atoms with Gasteiger partial charge in [0.25, 0.3) is 0 Å². The molecular formula is C55H96N4O19. The Balaban J connectivity index is 0. The molecule has 450 valence electrons. The molecule has 0 bridgehead atoms. The number of rotatable bonds is 56. The highest BCUT2D eigenvalue weighted by atomic mass is 16.5. The third-order valence-corrected chi connectivity index (χ3v) is 12.9. The second-order valence-corrected chi connectivity index (χ2v) is 19.8. The molecular weight excluding hydrogens is 1020 g/mol. The van der Waals surface area contributed by atoms with E-state index in [1.165, 1.54) is 39.0 Å². The third-order valence-electron chi connectivity index (χ3n) is 12.9. The van der Waals surface area contributed by atoms with E-state index in [2.05, 4.69) is 21.3 Å². The number of hydrogen-bond acceptors (Lipinski definition) is 15. The number of nitrogens with one attached hydrogen (secondary N) is 4. The van der Waals surface area contributed by atoms with E-state index in [0.29, 0.717) is 32.2 Å². The zero-order valence-electron chi connectivity index (χ0n) is 46.6. The monoisotopic (exact) mass is 1120 g/mol. The van der Waals surface area contributed by atoms with E-state index in [0.717, 1.165) is 57.8 Å². The van der Waals surface area contributed by atoms with Crippen LogP contribution in [0.5, 0.6) is 0 Å². The molecule has 0 fully saturated rings. The van der Waals surface area contributed by atoms with Crippen LogP contribution in [0.4, 0.5) is 0 Å². The summed E-state index contributed by atoms with van der Waals surface area (Å²) in [6.07, 6.45) is 16.7. The fourth-order valence-electron chi connectivity index (χ4n) is 7.96. The Labute approximate surface area is 462 Å². The molecule has 0 aromatic heterocycles. The van der Waals surface area contributed by atoms with Gasteiger partial charge in [-0.3, -0.25) is 43.2 Å². The zero-order chi connectivity index (χ0) is 58.2. The fraction of sp³-hybridized carbons (Fsp3) is 0.800. The van der Waals surface area contributed by atoms with Crippen LogP contribution in [0, 0.1) is 11.8 Å². The van der Waals surface area contributed by atoms with Crippen LogP contribution in [0.15, 0.2) is 0 Å². The van der Waals surface area contributed by atoms with Gasteiger partial charge in [0.2, 0.25) is 23.6 Å². The molecule has 0 unspecified atom stereocenters. The van der Waals surface area contributed by atoms with Crippen molar-refractivity contribution < 1.29 is 93.5 Å². The molecule has 0 saturated carbocycles. The summed E-state index contributed by atoms with van der Waals surface area (Å²) in [7, 11) is 0. The summed E-state index contributed by atoms with van der Waals surface area (Å²) in [6, 6.07) is -2.60. The predicted molar refractivity (Wildman–Crippen MR) is 288 cm³/mol. The van der Waals surface area contributed by atoms with Crippen molar-refractivity contribution in [2.45, 2.75) is 206 Å². The summed E-state index contributed by atoms with van der Waals surface area (Å²) in [4.78, 5) is 131. The van der Waals surface area contributed by atoms with Crippen molar-refractivity contribution >= 4 is 64.9 Å². The van der Waals surface area contributed by atoms with Gasteiger partial charge < -0.3 is 60.6 Å². The van der Waals surface area contributed by atoms with Gasteiger partial charge in [-0.1, -0.05) is 90.4 Å². The summed E-state index contributed by atoms with van der Waals surface area (Å²) in [5, 5.41) is 47.5. The number of amides is 4. The Hall–Kier alpha value is -5.39. The maximum Gasteiger partial charge on any atom is 0.326 e. The van der Waals surface area contributed by atoms with E-state index in [9.17, 15) is 68.1 Å². The number of unbranched alkanes of at least 4 members (excludes halogenated alkanes) is 14. The smallest absolute Gasteiger partial charge is 0.326 e. The number of ketones is 3. The quantitative estimate of drug-likeness (QED) is 0.0336. The molecule has 0 aliphatic carbocycles. The van der Waals surface area contributed by atoms with Crippen LogP contribution >= 0.6 is 0 Å². The second-order valence-electron chi connectivity index (χ2n) is 19.8. The molecule has 23 heteroatoms. The van der Waals surface area contributed by atoms with Gasteiger partial charge in [-0.25, -0.2) is 9.59 Å². The number of carboxylic acid groups (broad SMARTS) is 4. The molecule has 0 heterocycles. The van der Waals surface area contributed by atoms with Crippen molar-refractivity contribution in [2.24, 2.45) is 11.8 Å². The van der Waals surface area contributed by atoms with Gasteiger partial charge in [0.1, 0.15) is 36.9 Å². The minimum atomic E-state index is -1.42. The molecule has 0 spiro atoms. The number of hydrogen-bond donors (Lipinski definition) is 8. The lowest BCUT2D eigenvalue weighted by Gasteiger charge is -2.15. The summed E-state index contributed by atoms with van der Waals surface area (Å²) in [5.74, 6) is -8.21. The summed E-state index contributed by atoms with van der Waals surface area (Å²) in [5.41, 5.74) is 0. The minimum absolute atomic E-state index is 0. The molecule has 0 aliphatic heterocycles. The van der Waals surface area contributed by atoms with Crippen molar-refractivity contribution in [3.05, 3.63) is 0 Å². The first kappa shape index (κ1) is 72.6. The van der Waals surface area contributed by atoms with Crippen LogP contribution in [0.25, 0.3) is 0 Å². The predicted octanol–water partition coefficient (Wildman–Crippen LogP) is 5.74. The molecule has 0 radical (unpaired) electrons. The third kappa shape index (κ3) is 45.6. The SMILES string of the molecule is CC(=O)[C@@H](C)CCCCNC(=O)CC[C@H](CC(=O)CC[C@H](NC(=O)COCCOCCCC(=O)COCCOCCNC(=O)CC[C@H](NC(=O)CCCCCCCCCCCCCCCCC(=O)O)C(=O)O)C(=O)O)C(=O)O.[HH]. The Morgan fingerprint density at radius 2 is 0.872 bits per heavy atom. The van der Waals surface area contributed by atoms with Crippen molar-refractivity contribution in [2.75, 3.05) is 65.9 Å². The van der Waals surface area contributed by atoms with E-state index in [1.54, 1.807) is 0 Å². The lowest BCUT2D eigenvalue weighted by Crippen LogP contribution is -2.42. The molecule has 8 N–H and O–H groups in total. The van der Waals surface area contributed by atoms with Crippen LogP contribution in [0.3, 0.4) is 0 Å². The topological polar surface area (TPSA) is 354 Å². The van der Waals surface area contributed by atoms with Crippen LogP contribution in [0.2, 0.25) is 0 Å². The molecule has 0 aliphatic rings. The minimum Gasteiger partial charge on any atom is -0.481 e. The van der Waals surface area contributed by atoms with Crippen LogP contribution in [-0.4, -0.2) is 163 Å². The standard InChI is InChI=1S/C55H94N4O19.H2/c1-41(42(2)60)20-17-18-30-56-48(63)28-24-43(53(69)70)38-44(61)25-26-46(54(71)72)59-51(66)40-78-37-34-75-32-19-21-45(62)39-77-36-35-76-33-31-57-49(64)29-27-47(55(73)74)58-50(65)22-15-13-11-9-7-5-3-4-6-8-10-12-14-16-23-52(67)68;/h41,43,46-47H,3-40H2,1-2H3,(H,56,63)(H,57,64)(H,58,65)(H,59,66)(H,67,68)(H,69,70)(H,71,72)(H,73,74);1H/t41-,43+,46-,47-;/m0./s1. The first-order valence-electron chi connectivity index (χ1n) is 28.2. The highest BCUT2D eigenvalue weighted by molar-refractivity contribution is 5.87. The summed E-state index contributed by atoms with van der Waals surface area (Å²) >= 11 is 0. The Morgan fingerprint density at radius 1 is 0.397 bits per heavy atom. The van der Waals surface area contributed by atoms with Crippen LogP contribution < -0.4 is 21.3 Å². The normalized spacial score (nSPS) is 12.6.